The third kappa shape index (κ3) is 9.90. The third-order valence-electron chi connectivity index (χ3n) is 9.52. The number of hydrogen-bond donors (Lipinski definition) is 3. The van der Waals surface area contributed by atoms with Crippen molar-refractivity contribution in [2.24, 2.45) is 0 Å². The van der Waals surface area contributed by atoms with E-state index in [0.29, 0.717) is 29.5 Å². The number of amides is 1. The predicted molar refractivity (Wildman–Crippen MR) is 202 cm³/mol. The van der Waals surface area contributed by atoms with Crippen LogP contribution in [0.4, 0.5) is 11.4 Å². The molecule has 0 saturated heterocycles. The minimum Gasteiger partial charge on any atom is -0.506 e. The van der Waals surface area contributed by atoms with Crippen molar-refractivity contribution in [3.8, 4) is 17.2 Å². The standard InChI is InChI=1S/C39H49N3O8S/c1-7-38(3,4)27-15-20-35(33(25-27)39(5,6)8-2)50-22-11-21-40-37(44)32-26-34(30-13-9-10-14-31(30)36(32)43)41-51(47,48)24-12-23-49-29-18-16-28(17-19-29)42(45)46/h9-10,13-20,25-26,41,43H,7-8,11-12,21-24H2,1-6H3,(H,40,44). The maximum absolute atomic E-state index is 13.3. The Labute approximate surface area is 300 Å². The van der Waals surface area contributed by atoms with E-state index >= 15 is 0 Å². The monoisotopic (exact) mass is 719 g/mol. The topological polar surface area (TPSA) is 157 Å². The summed E-state index contributed by atoms with van der Waals surface area (Å²) in [4.78, 5) is 23.6. The van der Waals surface area contributed by atoms with Gasteiger partial charge in [0.1, 0.15) is 17.2 Å². The Morgan fingerprint density at radius 3 is 2.16 bits per heavy atom. The van der Waals surface area contributed by atoms with Crippen LogP contribution in [0.2, 0.25) is 0 Å². The molecular weight excluding hydrogens is 671 g/mol. The molecule has 4 aromatic rings. The van der Waals surface area contributed by atoms with E-state index in [9.17, 15) is 28.4 Å². The van der Waals surface area contributed by atoms with E-state index in [2.05, 4.69) is 63.7 Å². The van der Waals surface area contributed by atoms with Gasteiger partial charge in [-0.2, -0.15) is 0 Å². The van der Waals surface area contributed by atoms with Gasteiger partial charge in [-0.15, -0.1) is 0 Å². The first kappa shape index (κ1) is 39.0. The molecule has 0 radical (unpaired) electrons. The fourth-order valence-corrected chi connectivity index (χ4v) is 6.59. The Morgan fingerprint density at radius 2 is 1.51 bits per heavy atom. The van der Waals surface area contributed by atoms with E-state index in [-0.39, 0.29) is 58.8 Å². The highest BCUT2D eigenvalue weighted by molar-refractivity contribution is 7.92. The van der Waals surface area contributed by atoms with Crippen molar-refractivity contribution in [3.05, 3.63) is 99.6 Å². The fraction of sp³-hybridized carbons (Fsp3) is 0.410. The molecule has 0 aliphatic rings. The van der Waals surface area contributed by atoms with Crippen molar-refractivity contribution in [2.45, 2.75) is 78.1 Å². The van der Waals surface area contributed by atoms with E-state index in [4.69, 9.17) is 9.47 Å². The molecule has 0 bridgehead atoms. The van der Waals surface area contributed by atoms with Gasteiger partial charge in [0.15, 0.2) is 0 Å². The summed E-state index contributed by atoms with van der Waals surface area (Å²) in [6.07, 6.45) is 2.61. The van der Waals surface area contributed by atoms with Crippen molar-refractivity contribution in [1.82, 2.24) is 5.32 Å². The Balaban J connectivity index is 1.38. The quantitative estimate of drug-likeness (QED) is 0.0402. The van der Waals surface area contributed by atoms with Crippen LogP contribution in [0.15, 0.2) is 72.8 Å². The molecule has 0 unspecified atom stereocenters. The Bertz CT molecular complexity index is 1960. The molecule has 51 heavy (non-hydrogen) atoms. The summed E-state index contributed by atoms with van der Waals surface area (Å²) in [6.45, 7) is 14.0. The van der Waals surface area contributed by atoms with Crippen LogP contribution >= 0.6 is 0 Å². The molecule has 0 fully saturated rings. The Kier molecular flexibility index (Phi) is 12.6. The average molecular weight is 720 g/mol. The van der Waals surface area contributed by atoms with E-state index in [1.54, 1.807) is 24.3 Å². The first-order chi connectivity index (χ1) is 24.1. The fourth-order valence-electron chi connectivity index (χ4n) is 5.49. The number of sulfonamides is 1. The number of benzene rings is 4. The first-order valence-corrected chi connectivity index (χ1v) is 18.9. The zero-order chi connectivity index (χ0) is 37.4. The van der Waals surface area contributed by atoms with Crippen LogP contribution in [0, 0.1) is 10.1 Å². The van der Waals surface area contributed by atoms with Gasteiger partial charge in [-0.25, -0.2) is 8.42 Å². The van der Waals surface area contributed by atoms with Gasteiger partial charge in [0.2, 0.25) is 10.0 Å². The van der Waals surface area contributed by atoms with Gasteiger partial charge in [0, 0.05) is 35.0 Å². The zero-order valence-corrected chi connectivity index (χ0v) is 31.1. The number of anilines is 1. The molecule has 12 heteroatoms. The van der Waals surface area contributed by atoms with Gasteiger partial charge < -0.3 is 19.9 Å². The molecule has 0 aromatic heterocycles. The number of carbonyl (C=O) groups is 1. The van der Waals surface area contributed by atoms with Crippen LogP contribution in [0.3, 0.4) is 0 Å². The summed E-state index contributed by atoms with van der Waals surface area (Å²) in [5, 5.41) is 25.5. The van der Waals surface area contributed by atoms with Crippen molar-refractivity contribution in [3.63, 3.8) is 0 Å². The highest BCUT2D eigenvalue weighted by atomic mass is 32.2. The number of ether oxygens (including phenoxy) is 2. The number of aromatic hydroxyl groups is 1. The lowest BCUT2D eigenvalue weighted by Gasteiger charge is -2.30. The maximum atomic E-state index is 13.3. The maximum Gasteiger partial charge on any atom is 0.269 e. The molecule has 0 saturated carbocycles. The van der Waals surface area contributed by atoms with Crippen LogP contribution in [0.5, 0.6) is 17.2 Å². The number of nitro benzene ring substituents is 1. The van der Waals surface area contributed by atoms with Gasteiger partial charge in [-0.1, -0.05) is 77.9 Å². The van der Waals surface area contributed by atoms with Crippen molar-refractivity contribution >= 4 is 38.1 Å². The summed E-state index contributed by atoms with van der Waals surface area (Å²) in [7, 11) is -3.88. The molecule has 0 atom stereocenters. The molecule has 4 aromatic carbocycles. The van der Waals surface area contributed by atoms with Crippen LogP contribution in [0.1, 0.15) is 88.7 Å². The summed E-state index contributed by atoms with van der Waals surface area (Å²) in [5.74, 6) is 0.126. The molecule has 0 heterocycles. The van der Waals surface area contributed by atoms with E-state index in [1.165, 1.54) is 35.9 Å². The lowest BCUT2D eigenvalue weighted by atomic mass is 9.76. The second-order valence-corrected chi connectivity index (χ2v) is 15.7. The smallest absolute Gasteiger partial charge is 0.269 e. The van der Waals surface area contributed by atoms with E-state index in [0.717, 1.165) is 24.2 Å². The van der Waals surface area contributed by atoms with Gasteiger partial charge in [-0.3, -0.25) is 19.6 Å². The predicted octanol–water partition coefficient (Wildman–Crippen LogP) is 8.24. The lowest BCUT2D eigenvalue weighted by Crippen LogP contribution is -2.26. The number of fused-ring (bicyclic) bond motifs is 1. The average Bonchev–Trinajstić information content (AvgIpc) is 3.11. The second kappa shape index (κ2) is 16.5. The van der Waals surface area contributed by atoms with Crippen LogP contribution in [-0.4, -0.2) is 49.9 Å². The highest BCUT2D eigenvalue weighted by Gasteiger charge is 2.27. The summed E-state index contributed by atoms with van der Waals surface area (Å²) < 4.78 is 40.5. The first-order valence-electron chi connectivity index (χ1n) is 17.3. The normalized spacial score (nSPS) is 12.0. The van der Waals surface area contributed by atoms with Gasteiger partial charge in [0.05, 0.1) is 35.1 Å². The van der Waals surface area contributed by atoms with Crippen LogP contribution < -0.4 is 19.5 Å². The minimum atomic E-state index is -3.88. The number of nitrogens with one attached hydrogen (secondary N) is 2. The van der Waals surface area contributed by atoms with Gasteiger partial charge in [0.25, 0.3) is 11.6 Å². The van der Waals surface area contributed by atoms with Crippen molar-refractivity contribution < 1.29 is 32.7 Å². The number of hydrogen-bond acceptors (Lipinski definition) is 8. The molecular formula is C39H49N3O8S. The zero-order valence-electron chi connectivity index (χ0n) is 30.2. The number of non-ortho nitro benzene ring substituents is 1. The van der Waals surface area contributed by atoms with E-state index < -0.39 is 20.9 Å². The van der Waals surface area contributed by atoms with Gasteiger partial charge in [-0.05, 0) is 66.3 Å². The van der Waals surface area contributed by atoms with E-state index in [1.807, 2.05) is 6.07 Å². The molecule has 0 aliphatic heterocycles. The Morgan fingerprint density at radius 1 is 0.863 bits per heavy atom. The molecule has 11 nitrogen and oxygen atoms in total. The number of carbonyl (C=O) groups excluding carboxylic acids is 1. The number of phenolic OH excluding ortho intramolecular Hbond substituents is 1. The minimum absolute atomic E-state index is 0.0446. The number of phenols is 1. The second-order valence-electron chi connectivity index (χ2n) is 13.9. The lowest BCUT2D eigenvalue weighted by molar-refractivity contribution is -0.384. The number of rotatable bonds is 18. The van der Waals surface area contributed by atoms with Crippen LogP contribution in [0.25, 0.3) is 10.8 Å². The molecule has 0 spiro atoms. The largest absolute Gasteiger partial charge is 0.506 e. The molecule has 274 valence electrons. The SMILES string of the molecule is CCC(C)(C)c1ccc(OCCCNC(=O)c2cc(NS(=O)(=O)CCCOc3ccc([N+](=O)[O-])cc3)c3ccccc3c2O)c(C(C)(C)CC)c1. The third-order valence-corrected chi connectivity index (χ3v) is 10.9. The molecule has 0 aliphatic carbocycles. The summed E-state index contributed by atoms with van der Waals surface area (Å²) in [5.41, 5.74) is 2.41. The van der Waals surface area contributed by atoms with Crippen LogP contribution in [-0.2, 0) is 20.9 Å². The molecule has 1 amide bonds. The summed E-state index contributed by atoms with van der Waals surface area (Å²) >= 11 is 0. The van der Waals surface area contributed by atoms with Crippen molar-refractivity contribution in [2.75, 3.05) is 30.2 Å². The van der Waals surface area contributed by atoms with Crippen molar-refractivity contribution in [1.29, 1.82) is 0 Å². The Hall–Kier alpha value is -4.84. The van der Waals surface area contributed by atoms with Gasteiger partial charge >= 0.3 is 0 Å². The molecule has 3 N–H and O–H groups in total. The number of nitrogens with zero attached hydrogens (tertiary/aromatic N) is 1. The number of nitro groups is 1. The summed E-state index contributed by atoms with van der Waals surface area (Å²) in [6, 6.07) is 20.0. The molecule has 4 rings (SSSR count). The highest BCUT2D eigenvalue weighted by Crippen LogP contribution is 2.39.